The van der Waals surface area contributed by atoms with Crippen LogP contribution >= 0.6 is 20.6 Å². The summed E-state index contributed by atoms with van der Waals surface area (Å²) in [4.78, 5) is 234. The number of primary amides is 1. The predicted octanol–water partition coefficient (Wildman–Crippen LogP) is 3.81. The molecule has 0 unspecified atom stereocenters. The smallest absolute Gasteiger partial charge is 0.246 e. The Morgan fingerprint density at radius 2 is 0.985 bits per heavy atom. The van der Waals surface area contributed by atoms with Crippen molar-refractivity contribution in [3.8, 4) is 11.5 Å². The summed E-state index contributed by atoms with van der Waals surface area (Å²) in [7, 11) is 8.59. The summed E-state index contributed by atoms with van der Waals surface area (Å²) in [6.07, 6.45) is 1.85. The van der Waals surface area contributed by atoms with Crippen molar-refractivity contribution in [2.45, 2.75) is 197 Å². The van der Waals surface area contributed by atoms with Gasteiger partial charge in [-0.25, -0.2) is 0 Å². The second-order valence-corrected chi connectivity index (χ2v) is 36.0. The first-order chi connectivity index (χ1) is 63.0. The maximum atomic E-state index is 15.8. The summed E-state index contributed by atoms with van der Waals surface area (Å²) in [5, 5.41) is 57.0. The fraction of sp³-hybridized carbons (Fsp3) is 0.438. The number of amides is 15. The van der Waals surface area contributed by atoms with Crippen LogP contribution in [0.2, 0.25) is 0 Å². The van der Waals surface area contributed by atoms with Crippen LogP contribution < -0.4 is 53.6 Å². The molecule has 6 aromatic carbocycles. The third kappa shape index (κ3) is 30.0. The number of carbonyl (C=O) groups excluding carboxylic acids is 15. The number of rotatable bonds is 23. The van der Waals surface area contributed by atoms with Gasteiger partial charge in [-0.2, -0.15) is 0 Å². The standard InChI is InChI=1S/C96H123N16O18PS/c1-10-11-33-77-95(129)112-43-24-23-34-76(112)90(124)104-72(51-83(118)131)89(123)107-84(58(4)5)96(130)110(8)78(48-60-27-17-13-18-28-60)91(125)105-73(47-63-37-41-66(114)42-38-63)92(126)108(6)54-81(116)100-71(50-64-52-98-68-32-22-21-31-67(64)68)88(122)103-70(45-62-35-39-65(113)40-36-62)87(121)102-69(44-57(2)3)86(120)106-75(85(119)99-53-80(97)115)55-132-56-82(117)101-74(46-59-25-15-12-16-26-59)93(127)111(9)79(94(128)109(77)7)49-61-29-19-14-20-30-61/h12-22,25-32,35-42,52,57-58,69-79,84,98,113-114,118,131H,10-11,23-24,33-34,43-51,53-56H2,1-9H3,(H2,97,115)(H,99,119)(H,100,116)(H,101,117)(H,102,121)(H,103,122)(H,104,124)(H,105,125)(H,106,120)(H,107,123)/t69-,70-,71-,72-,73-,74-,75-,76+,77-,78-,79-,84-/m0/s1. The Morgan fingerprint density at radius 3 is 1.55 bits per heavy atom. The molecule has 2 aliphatic rings. The summed E-state index contributed by atoms with van der Waals surface area (Å²) in [6, 6.07) is 27.2. The van der Waals surface area contributed by atoms with Crippen molar-refractivity contribution < 1.29 is 87.2 Å². The number of aliphatic hydroxyl groups is 1. The lowest BCUT2D eigenvalue weighted by Crippen LogP contribution is -2.62. The number of hydrogen-bond donors (Lipinski definition) is 14. The van der Waals surface area contributed by atoms with E-state index in [1.807, 2.05) is 6.92 Å². The highest BCUT2D eigenvalue weighted by molar-refractivity contribution is 8.00. The summed E-state index contributed by atoms with van der Waals surface area (Å²) in [5.74, 6) is -14.8. The van der Waals surface area contributed by atoms with Gasteiger partial charge in [0, 0.05) is 103 Å². The van der Waals surface area contributed by atoms with Gasteiger partial charge in [0.15, 0.2) is 0 Å². The van der Waals surface area contributed by atoms with Crippen LogP contribution in [0.5, 0.6) is 11.5 Å². The average Bonchev–Trinajstić information content (AvgIpc) is 1.01. The summed E-state index contributed by atoms with van der Waals surface area (Å²) in [5.41, 5.74) is 8.79. The van der Waals surface area contributed by atoms with Crippen molar-refractivity contribution in [3.63, 3.8) is 0 Å². The Morgan fingerprint density at radius 1 is 0.500 bits per heavy atom. The molecule has 2 saturated heterocycles. The first-order valence-electron chi connectivity index (χ1n) is 44.4. The van der Waals surface area contributed by atoms with Crippen molar-refractivity contribution >= 4 is 126 Å². The number of aliphatic hydroxyl groups excluding tert-OH is 1. The Labute approximate surface area is 774 Å². The number of para-hydroxylation sites is 1. The second kappa shape index (κ2) is 49.8. The van der Waals surface area contributed by atoms with Gasteiger partial charge < -0.3 is 98.4 Å². The quantitative estimate of drug-likeness (QED) is 0.0405. The van der Waals surface area contributed by atoms with Gasteiger partial charge in [-0.3, -0.25) is 71.9 Å². The summed E-state index contributed by atoms with van der Waals surface area (Å²) < 4.78 is 0. The van der Waals surface area contributed by atoms with Crippen molar-refractivity contribution in [1.29, 1.82) is 0 Å². The lowest BCUT2D eigenvalue weighted by molar-refractivity contribution is -0.154. The molecule has 36 heteroatoms. The van der Waals surface area contributed by atoms with Gasteiger partial charge in [0.05, 0.1) is 24.3 Å². The van der Waals surface area contributed by atoms with Crippen LogP contribution in [0.1, 0.15) is 119 Å². The first kappa shape index (κ1) is 103. The van der Waals surface area contributed by atoms with Crippen LogP contribution in [0.3, 0.4) is 0 Å². The monoisotopic (exact) mass is 1850 g/mol. The Kier molecular flexibility index (Phi) is 38.8. The lowest BCUT2D eigenvalue weighted by Gasteiger charge is -2.41. The van der Waals surface area contributed by atoms with E-state index in [0.717, 1.165) is 21.6 Å². The van der Waals surface area contributed by atoms with Crippen LogP contribution in [-0.2, 0) is 110 Å². The van der Waals surface area contributed by atoms with Crippen molar-refractivity contribution in [2.75, 3.05) is 59.3 Å². The average molecular weight is 1850 g/mol. The molecule has 0 bridgehead atoms. The normalized spacial score (nSPS) is 22.8. The SMILES string of the molecule is CCCC[C@H]1C(=O)N2CCCC[C@@H]2C(=O)N[C@@H](CC(O)=P)C(=O)N[C@@H](C(C)C)C(=O)N(C)[C@@H](Cc2ccccc2)C(=O)N[C@@H](Cc2ccc(O)cc2)C(=O)N(C)CC(=O)N[C@@H](Cc2c[nH]c3ccccc23)C(=O)N[C@@H](Cc2ccc(O)cc2)C(=O)N[C@@H](CC(C)C)C(=O)N[C@H](C(=O)NCC(N)=O)CSCC(=O)N[C@@H](Cc2ccccc2)C(=O)N(C)[C@@H](Cc2ccccc2)C(=O)N1C. The van der Waals surface area contributed by atoms with E-state index in [1.165, 1.54) is 91.4 Å². The molecule has 9 rings (SSSR count). The molecule has 0 aliphatic carbocycles. The molecular weight excluding hydrogens is 1730 g/mol. The van der Waals surface area contributed by atoms with Gasteiger partial charge >= 0.3 is 0 Å². The number of phenolic OH excluding ortho intramolecular Hbond substituents is 2. The predicted molar refractivity (Wildman–Crippen MR) is 501 cm³/mol. The molecule has 7 aromatic rings. The number of nitrogens with zero attached hydrogens (tertiary/aromatic N) is 5. The van der Waals surface area contributed by atoms with E-state index in [9.17, 15) is 34.5 Å². The Bertz CT molecular complexity index is 5190. The molecule has 706 valence electrons. The number of nitrogens with two attached hydrogens (primary N) is 1. The Hall–Kier alpha value is -13.0. The highest BCUT2D eigenvalue weighted by Gasteiger charge is 2.45. The highest BCUT2D eigenvalue weighted by atomic mass is 32.2. The number of benzene rings is 6. The zero-order valence-electron chi connectivity index (χ0n) is 75.9. The van der Waals surface area contributed by atoms with E-state index in [4.69, 9.17) is 5.73 Å². The molecule has 34 nitrogen and oxygen atoms in total. The van der Waals surface area contributed by atoms with Crippen LogP contribution in [0, 0.1) is 11.8 Å². The zero-order valence-corrected chi connectivity index (χ0v) is 77.7. The van der Waals surface area contributed by atoms with Crippen LogP contribution in [0.15, 0.2) is 170 Å². The van der Waals surface area contributed by atoms with Gasteiger partial charge in [-0.1, -0.05) is 190 Å². The molecule has 15 N–H and O–H groups in total. The third-order valence-corrected chi connectivity index (χ3v) is 24.6. The minimum absolute atomic E-state index is 0.0306. The number of aromatic hydroxyl groups is 2. The van der Waals surface area contributed by atoms with Crippen molar-refractivity contribution in [3.05, 3.63) is 203 Å². The van der Waals surface area contributed by atoms with Crippen LogP contribution in [0.25, 0.3) is 10.9 Å². The maximum Gasteiger partial charge on any atom is 0.246 e. The molecule has 15 amide bonds. The number of unbranched alkanes of at least 4 members (excludes halogenated alkanes) is 1. The molecule has 132 heavy (non-hydrogen) atoms. The first-order valence-corrected chi connectivity index (χ1v) is 46.0. The minimum Gasteiger partial charge on any atom is -0.508 e. The van der Waals surface area contributed by atoms with Crippen molar-refractivity contribution in [2.24, 2.45) is 17.6 Å². The van der Waals surface area contributed by atoms with E-state index in [1.54, 1.807) is 149 Å². The molecule has 3 heterocycles. The number of fused-ring (bicyclic) bond motifs is 2. The van der Waals surface area contributed by atoms with Gasteiger partial charge in [-0.05, 0) is 108 Å². The Balaban J connectivity index is 1.13. The highest BCUT2D eigenvalue weighted by Crippen LogP contribution is 2.27. The van der Waals surface area contributed by atoms with Crippen LogP contribution in [0.4, 0.5) is 0 Å². The molecule has 1 aromatic heterocycles. The minimum atomic E-state index is -1.63. The van der Waals surface area contributed by atoms with Gasteiger partial charge in [0.2, 0.25) is 88.6 Å². The van der Waals surface area contributed by atoms with Crippen LogP contribution in [-0.4, -0.2) is 271 Å². The number of aromatic nitrogens is 1. The number of piperidine rings is 1. The molecule has 0 radical (unpaired) electrons. The second-order valence-electron chi connectivity index (χ2n) is 34.4. The van der Waals surface area contributed by atoms with E-state index in [2.05, 4.69) is 61.7 Å². The molecule has 2 aliphatic heterocycles. The number of phenols is 2. The largest absolute Gasteiger partial charge is 0.508 e. The molecule has 2 fully saturated rings. The summed E-state index contributed by atoms with van der Waals surface area (Å²) >= 11 is 0.847. The van der Waals surface area contributed by atoms with Gasteiger partial charge in [0.1, 0.15) is 84.0 Å². The number of H-pyrrole nitrogens is 1. The number of carbonyl (C=O) groups is 15. The number of nitrogens with one attached hydrogen (secondary N) is 10. The fourth-order valence-electron chi connectivity index (χ4n) is 16.1. The number of thioether (sulfide) groups is 1. The molecule has 0 spiro atoms. The molecule has 0 saturated carbocycles. The lowest BCUT2D eigenvalue weighted by atomic mass is 9.96. The summed E-state index contributed by atoms with van der Waals surface area (Å²) in [6.45, 7) is 7.25. The van der Waals surface area contributed by atoms with E-state index < -0.39 is 198 Å². The third-order valence-electron chi connectivity index (χ3n) is 23.4. The zero-order chi connectivity index (χ0) is 96.0. The molecule has 12 atom stereocenters. The van der Waals surface area contributed by atoms with Gasteiger partial charge in [0.25, 0.3) is 0 Å². The number of aromatic amines is 1. The van der Waals surface area contributed by atoms with E-state index in [-0.39, 0.29) is 87.5 Å². The van der Waals surface area contributed by atoms with Gasteiger partial charge in [-0.15, -0.1) is 11.8 Å². The topological polar surface area (TPSA) is 483 Å². The van der Waals surface area contributed by atoms with E-state index >= 15 is 52.7 Å². The fourth-order valence-corrected chi connectivity index (χ4v) is 17.2. The molecular formula is C96H123N16O18PS. The number of hydrogen-bond acceptors (Lipinski definition) is 18. The maximum absolute atomic E-state index is 15.8. The number of likely N-dealkylation sites (N-methyl/N-ethyl adjacent to an activating group) is 4. The van der Waals surface area contributed by atoms with E-state index in [0.29, 0.717) is 70.0 Å². The van der Waals surface area contributed by atoms with Crippen molar-refractivity contribution in [1.82, 2.24) is 77.3 Å².